The number of halogens is 1. The fourth-order valence-electron chi connectivity index (χ4n) is 3.39. The van der Waals surface area contributed by atoms with E-state index in [1.807, 2.05) is 0 Å². The van der Waals surface area contributed by atoms with Crippen LogP contribution in [0.3, 0.4) is 0 Å². The molecule has 0 atom stereocenters. The number of hydrazine groups is 1. The van der Waals surface area contributed by atoms with E-state index in [2.05, 4.69) is 6.92 Å². The van der Waals surface area contributed by atoms with E-state index in [4.69, 9.17) is 21.1 Å². The highest BCUT2D eigenvalue weighted by molar-refractivity contribution is 5.69. The van der Waals surface area contributed by atoms with Gasteiger partial charge in [-0.15, -0.1) is 0 Å². The molecule has 1 aliphatic rings. The Kier molecular flexibility index (Phi) is 9.23. The minimum absolute atomic E-state index is 0.0573. The lowest BCUT2D eigenvalue weighted by molar-refractivity contribution is 0.113. The molecule has 1 amide bonds. The Hall–Kier alpha value is -2.48. The summed E-state index contributed by atoms with van der Waals surface area (Å²) in [6.07, 6.45) is 6.79. The number of rotatable bonds is 9. The molecule has 0 unspecified atom stereocenters. The lowest BCUT2D eigenvalue weighted by Gasteiger charge is -2.24. The number of carbonyl (C=O) groups excluding carboxylic acids is 1. The van der Waals surface area contributed by atoms with Gasteiger partial charge in [0.2, 0.25) is 0 Å². The first-order valence-corrected chi connectivity index (χ1v) is 10.6. The Morgan fingerprint density at radius 1 is 1.23 bits per heavy atom. The van der Waals surface area contributed by atoms with Gasteiger partial charge in [-0.3, -0.25) is 0 Å². The van der Waals surface area contributed by atoms with Crippen molar-refractivity contribution in [1.29, 1.82) is 0 Å². The van der Waals surface area contributed by atoms with E-state index < -0.39 is 11.9 Å². The summed E-state index contributed by atoms with van der Waals surface area (Å²) in [4.78, 5) is 13.6. The lowest BCUT2D eigenvalue weighted by Crippen LogP contribution is -2.34. The molecule has 8 heteroatoms. The summed E-state index contributed by atoms with van der Waals surface area (Å²) in [5, 5.41) is 1.28. The average Bonchev–Trinajstić information content (AvgIpc) is 2.73. The lowest BCUT2D eigenvalue weighted by atomic mass is 9.98. The van der Waals surface area contributed by atoms with Crippen LogP contribution in [0.1, 0.15) is 57.4 Å². The zero-order valence-electron chi connectivity index (χ0n) is 18.3. The molecule has 1 aliphatic carbocycles. The molecule has 1 fully saturated rings. The van der Waals surface area contributed by atoms with Crippen molar-refractivity contribution in [2.45, 2.75) is 58.0 Å². The number of ether oxygens (including phenoxy) is 2. The molecule has 1 aromatic carbocycles. The van der Waals surface area contributed by atoms with Crippen LogP contribution in [0.25, 0.3) is 5.70 Å². The van der Waals surface area contributed by atoms with E-state index in [0.717, 1.165) is 38.5 Å². The Balaban J connectivity index is 2.09. The highest BCUT2D eigenvalue weighted by Gasteiger charge is 2.19. The van der Waals surface area contributed by atoms with Crippen molar-refractivity contribution in [1.82, 2.24) is 9.91 Å². The molecule has 0 spiro atoms. The number of nitrogens with two attached hydrogens (primary N) is 2. The summed E-state index contributed by atoms with van der Waals surface area (Å²) in [5.74, 6) is 5.63. The maximum absolute atomic E-state index is 14.6. The summed E-state index contributed by atoms with van der Waals surface area (Å²) in [6, 6.07) is 4.60. The first-order valence-electron chi connectivity index (χ1n) is 10.6. The maximum Gasteiger partial charge on any atom is 0.409 e. The molecule has 0 heterocycles. The van der Waals surface area contributed by atoms with Crippen LogP contribution in [0.5, 0.6) is 5.75 Å². The number of hydrogen-bond donors (Lipinski definition) is 2. The van der Waals surface area contributed by atoms with Crippen molar-refractivity contribution in [3.63, 3.8) is 0 Å². The first-order chi connectivity index (χ1) is 14.3. The molecule has 1 saturated carbocycles. The number of unbranched alkanes of at least 4 members (excludes halogenated alkanes) is 1. The Morgan fingerprint density at radius 2 is 1.93 bits per heavy atom. The van der Waals surface area contributed by atoms with Crippen molar-refractivity contribution in [3.05, 3.63) is 35.3 Å². The van der Waals surface area contributed by atoms with Crippen molar-refractivity contribution < 1.29 is 18.7 Å². The highest BCUT2D eigenvalue weighted by Crippen LogP contribution is 2.27. The van der Waals surface area contributed by atoms with Crippen LogP contribution < -0.4 is 16.3 Å². The summed E-state index contributed by atoms with van der Waals surface area (Å²) < 4.78 is 25.8. The molecule has 0 bridgehead atoms. The van der Waals surface area contributed by atoms with E-state index in [1.165, 1.54) is 22.4 Å². The predicted molar refractivity (Wildman–Crippen MR) is 116 cm³/mol. The van der Waals surface area contributed by atoms with Gasteiger partial charge in [-0.25, -0.2) is 15.0 Å². The smallest absolute Gasteiger partial charge is 0.409 e. The standard InChI is InChI=1S/C22H35FN4O3/c1-4-5-13-26(2)22(28)29-15-19(27(3)25)21(24)16-11-12-20(18(23)14-16)30-17-9-7-6-8-10-17/h11-12,14,17H,4-10,13,15,24-25H2,1-3H3/b21-19-. The van der Waals surface area contributed by atoms with Gasteiger partial charge in [-0.1, -0.05) is 19.8 Å². The summed E-state index contributed by atoms with van der Waals surface area (Å²) in [7, 11) is 3.27. The van der Waals surface area contributed by atoms with Crippen LogP contribution in [0.4, 0.5) is 9.18 Å². The summed E-state index contributed by atoms with van der Waals surface area (Å²) in [5.41, 5.74) is 7.31. The van der Waals surface area contributed by atoms with Gasteiger partial charge in [-0.2, -0.15) is 0 Å². The second-order valence-corrected chi connectivity index (χ2v) is 7.82. The van der Waals surface area contributed by atoms with E-state index in [1.54, 1.807) is 26.2 Å². The normalized spacial score (nSPS) is 15.4. The summed E-state index contributed by atoms with van der Waals surface area (Å²) >= 11 is 0. The number of amides is 1. The molecule has 1 aromatic rings. The molecule has 4 N–H and O–H groups in total. The number of benzene rings is 1. The molecule has 0 saturated heterocycles. The third kappa shape index (κ3) is 6.79. The van der Waals surface area contributed by atoms with Crippen LogP contribution in [-0.2, 0) is 4.74 Å². The van der Waals surface area contributed by atoms with Crippen LogP contribution >= 0.6 is 0 Å². The van der Waals surface area contributed by atoms with Crippen LogP contribution in [-0.4, -0.2) is 49.4 Å². The van der Waals surface area contributed by atoms with Crippen LogP contribution in [0.2, 0.25) is 0 Å². The first kappa shape index (κ1) is 23.8. The Bertz CT molecular complexity index is 733. The average molecular weight is 423 g/mol. The maximum atomic E-state index is 14.6. The zero-order valence-corrected chi connectivity index (χ0v) is 18.3. The second kappa shape index (κ2) is 11.6. The van der Waals surface area contributed by atoms with Crippen molar-refractivity contribution in [3.8, 4) is 5.75 Å². The van der Waals surface area contributed by atoms with Gasteiger partial charge in [0.15, 0.2) is 11.6 Å². The number of likely N-dealkylation sites (N-methyl/N-ethyl adjacent to an activating group) is 1. The molecule has 168 valence electrons. The quantitative estimate of drug-likeness (QED) is 0.464. The molecular formula is C22H35FN4O3. The predicted octanol–water partition coefficient (Wildman–Crippen LogP) is 3.84. The van der Waals surface area contributed by atoms with E-state index >= 15 is 0 Å². The van der Waals surface area contributed by atoms with Gasteiger partial charge in [0.1, 0.15) is 6.61 Å². The minimum Gasteiger partial charge on any atom is -0.487 e. The number of carbonyl (C=O) groups is 1. The number of nitrogens with zero attached hydrogens (tertiary/aromatic N) is 2. The van der Waals surface area contributed by atoms with Gasteiger partial charge in [0.05, 0.1) is 17.5 Å². The highest BCUT2D eigenvalue weighted by atomic mass is 19.1. The fourth-order valence-corrected chi connectivity index (χ4v) is 3.39. The van der Waals surface area contributed by atoms with E-state index in [-0.39, 0.29) is 24.2 Å². The molecule has 0 aromatic heterocycles. The van der Waals surface area contributed by atoms with E-state index in [9.17, 15) is 9.18 Å². The van der Waals surface area contributed by atoms with Gasteiger partial charge >= 0.3 is 6.09 Å². The Morgan fingerprint density at radius 3 is 2.53 bits per heavy atom. The van der Waals surface area contributed by atoms with Crippen molar-refractivity contribution in [2.24, 2.45) is 11.6 Å². The second-order valence-electron chi connectivity index (χ2n) is 7.82. The van der Waals surface area contributed by atoms with Crippen LogP contribution in [0.15, 0.2) is 23.9 Å². The van der Waals surface area contributed by atoms with Crippen molar-refractivity contribution >= 4 is 11.8 Å². The molecule has 7 nitrogen and oxygen atoms in total. The topological polar surface area (TPSA) is 94.0 Å². The van der Waals surface area contributed by atoms with Gasteiger partial charge in [0.25, 0.3) is 0 Å². The monoisotopic (exact) mass is 422 g/mol. The Labute approximate surface area is 178 Å². The van der Waals surface area contributed by atoms with Gasteiger partial charge in [0, 0.05) is 26.2 Å². The molecule has 0 aliphatic heterocycles. The fraction of sp³-hybridized carbons (Fsp3) is 0.591. The largest absolute Gasteiger partial charge is 0.487 e. The van der Waals surface area contributed by atoms with Gasteiger partial charge in [-0.05, 0) is 50.3 Å². The molecular weight excluding hydrogens is 387 g/mol. The van der Waals surface area contributed by atoms with Gasteiger partial charge < -0.3 is 25.1 Å². The van der Waals surface area contributed by atoms with E-state index in [0.29, 0.717) is 17.8 Å². The third-order valence-electron chi connectivity index (χ3n) is 5.32. The zero-order chi connectivity index (χ0) is 22.1. The number of hydrogen-bond acceptors (Lipinski definition) is 6. The van der Waals surface area contributed by atoms with Crippen LogP contribution in [0, 0.1) is 5.82 Å². The minimum atomic E-state index is -0.476. The third-order valence-corrected chi connectivity index (χ3v) is 5.32. The van der Waals surface area contributed by atoms with Crippen molar-refractivity contribution in [2.75, 3.05) is 27.2 Å². The molecule has 0 radical (unpaired) electrons. The molecule has 2 rings (SSSR count). The SMILES string of the molecule is CCCCN(C)C(=O)OC/C(=C(/N)c1ccc(OC2CCCCC2)c(F)c1)N(C)N. The summed E-state index contributed by atoms with van der Waals surface area (Å²) in [6.45, 7) is 2.54. The molecule has 30 heavy (non-hydrogen) atoms.